The average molecular weight is 338 g/mol. The van der Waals surface area contributed by atoms with E-state index in [0.29, 0.717) is 24.7 Å². The minimum absolute atomic E-state index is 0.266. The van der Waals surface area contributed by atoms with Crippen LogP contribution >= 0.6 is 0 Å². The number of benzene rings is 1. The minimum Gasteiger partial charge on any atom is -0.494 e. The number of pyridine rings is 1. The van der Waals surface area contributed by atoms with Gasteiger partial charge >= 0.3 is 0 Å². The molecule has 5 nitrogen and oxygen atoms in total. The lowest BCUT2D eigenvalue weighted by molar-refractivity contribution is 0.312. The molecule has 0 radical (unpaired) electrons. The van der Waals surface area contributed by atoms with E-state index >= 15 is 0 Å². The Morgan fingerprint density at radius 1 is 1.17 bits per heavy atom. The standard InChI is InChI=1S/C16H19FN2O3S/c1-19(16-6-3-5-15(17)18-16)11-4-12-22-13-7-9-14(10-8-13)23(2,20)21/h3,5-10H,4,11-12H2,1-2H3. The van der Waals surface area contributed by atoms with Gasteiger partial charge in [-0.3, -0.25) is 0 Å². The van der Waals surface area contributed by atoms with Crippen LogP contribution in [0.2, 0.25) is 0 Å². The molecule has 0 spiro atoms. The van der Waals surface area contributed by atoms with Gasteiger partial charge in [-0.25, -0.2) is 13.4 Å². The molecule has 0 unspecified atom stereocenters. The number of aromatic nitrogens is 1. The van der Waals surface area contributed by atoms with Crippen molar-refractivity contribution in [3.05, 3.63) is 48.4 Å². The van der Waals surface area contributed by atoms with Crippen LogP contribution in [0.3, 0.4) is 0 Å². The maximum absolute atomic E-state index is 13.0. The number of sulfone groups is 1. The second-order valence-electron chi connectivity index (χ2n) is 5.19. The molecule has 1 aromatic heterocycles. The van der Waals surface area contributed by atoms with Gasteiger partial charge in [-0.05, 0) is 42.8 Å². The van der Waals surface area contributed by atoms with E-state index in [1.165, 1.54) is 24.5 Å². The highest BCUT2D eigenvalue weighted by molar-refractivity contribution is 7.90. The third-order valence-electron chi connectivity index (χ3n) is 3.25. The van der Waals surface area contributed by atoms with Gasteiger partial charge < -0.3 is 9.64 Å². The molecular formula is C16H19FN2O3S. The van der Waals surface area contributed by atoms with Crippen molar-refractivity contribution in [1.29, 1.82) is 0 Å². The van der Waals surface area contributed by atoms with Crippen molar-refractivity contribution in [3.63, 3.8) is 0 Å². The molecule has 0 amide bonds. The van der Waals surface area contributed by atoms with Crippen molar-refractivity contribution in [2.24, 2.45) is 0 Å². The van der Waals surface area contributed by atoms with Gasteiger partial charge in [0.1, 0.15) is 11.6 Å². The Labute approximate surface area is 135 Å². The fraction of sp³-hybridized carbons (Fsp3) is 0.312. The fourth-order valence-electron chi connectivity index (χ4n) is 2.00. The average Bonchev–Trinajstić information content (AvgIpc) is 2.51. The van der Waals surface area contributed by atoms with E-state index in [4.69, 9.17) is 4.74 Å². The highest BCUT2D eigenvalue weighted by atomic mass is 32.2. The van der Waals surface area contributed by atoms with E-state index < -0.39 is 15.8 Å². The van der Waals surface area contributed by atoms with Crippen molar-refractivity contribution in [1.82, 2.24) is 4.98 Å². The van der Waals surface area contributed by atoms with E-state index in [0.717, 1.165) is 6.42 Å². The predicted molar refractivity (Wildman–Crippen MR) is 87.1 cm³/mol. The van der Waals surface area contributed by atoms with Gasteiger partial charge in [0.2, 0.25) is 5.95 Å². The maximum atomic E-state index is 13.0. The third-order valence-corrected chi connectivity index (χ3v) is 4.38. The van der Waals surface area contributed by atoms with Gasteiger partial charge in [0.15, 0.2) is 9.84 Å². The van der Waals surface area contributed by atoms with Crippen LogP contribution in [0.25, 0.3) is 0 Å². The molecule has 0 fully saturated rings. The van der Waals surface area contributed by atoms with Gasteiger partial charge in [-0.2, -0.15) is 4.39 Å². The molecule has 124 valence electrons. The molecule has 0 aliphatic carbocycles. The molecule has 2 aromatic rings. The zero-order valence-electron chi connectivity index (χ0n) is 13.1. The Hall–Kier alpha value is -2.15. The Morgan fingerprint density at radius 3 is 2.48 bits per heavy atom. The van der Waals surface area contributed by atoms with Gasteiger partial charge in [0.25, 0.3) is 0 Å². The van der Waals surface area contributed by atoms with Crippen LogP contribution in [0.5, 0.6) is 5.75 Å². The topological polar surface area (TPSA) is 59.5 Å². The van der Waals surface area contributed by atoms with Crippen molar-refractivity contribution in [3.8, 4) is 5.75 Å². The van der Waals surface area contributed by atoms with Crippen molar-refractivity contribution in [2.45, 2.75) is 11.3 Å². The normalized spacial score (nSPS) is 11.3. The molecule has 0 atom stereocenters. The summed E-state index contributed by atoms with van der Waals surface area (Å²) in [6.45, 7) is 1.13. The number of rotatable bonds is 7. The molecule has 0 saturated carbocycles. The minimum atomic E-state index is -3.19. The molecule has 0 saturated heterocycles. The van der Waals surface area contributed by atoms with E-state index in [1.807, 2.05) is 11.9 Å². The zero-order chi connectivity index (χ0) is 16.9. The van der Waals surface area contributed by atoms with Gasteiger partial charge in [-0.1, -0.05) is 6.07 Å². The Balaban J connectivity index is 1.79. The first-order chi connectivity index (χ1) is 10.9. The van der Waals surface area contributed by atoms with E-state index in [9.17, 15) is 12.8 Å². The first kappa shape index (κ1) is 17.2. The van der Waals surface area contributed by atoms with Crippen molar-refractivity contribution >= 4 is 15.7 Å². The lowest BCUT2D eigenvalue weighted by atomic mass is 10.3. The number of halogens is 1. The smallest absolute Gasteiger partial charge is 0.214 e. The molecule has 2 rings (SSSR count). The number of hydrogen-bond donors (Lipinski definition) is 0. The van der Waals surface area contributed by atoms with E-state index in [2.05, 4.69) is 4.98 Å². The van der Waals surface area contributed by atoms with Crippen LogP contribution in [-0.4, -0.2) is 39.9 Å². The van der Waals surface area contributed by atoms with Crippen molar-refractivity contribution in [2.75, 3.05) is 31.4 Å². The quantitative estimate of drug-likeness (QED) is 0.573. The van der Waals surface area contributed by atoms with Gasteiger partial charge in [0, 0.05) is 19.8 Å². The summed E-state index contributed by atoms with van der Waals surface area (Å²) >= 11 is 0. The second-order valence-corrected chi connectivity index (χ2v) is 7.20. The molecule has 0 N–H and O–H groups in total. The molecule has 0 aliphatic rings. The zero-order valence-corrected chi connectivity index (χ0v) is 13.9. The molecule has 23 heavy (non-hydrogen) atoms. The Morgan fingerprint density at radius 2 is 1.87 bits per heavy atom. The summed E-state index contributed by atoms with van der Waals surface area (Å²) < 4.78 is 41.3. The summed E-state index contributed by atoms with van der Waals surface area (Å²) in [7, 11) is -1.35. The first-order valence-corrected chi connectivity index (χ1v) is 9.02. The molecule has 7 heteroatoms. The van der Waals surface area contributed by atoms with Crippen LogP contribution < -0.4 is 9.64 Å². The number of hydrogen-bond acceptors (Lipinski definition) is 5. The Bertz CT molecular complexity index is 748. The van der Waals surface area contributed by atoms with Crippen molar-refractivity contribution < 1.29 is 17.5 Å². The monoisotopic (exact) mass is 338 g/mol. The molecule has 1 heterocycles. The van der Waals surface area contributed by atoms with E-state index in [1.54, 1.807) is 24.3 Å². The second kappa shape index (κ2) is 7.41. The predicted octanol–water partition coefficient (Wildman–Crippen LogP) is 2.53. The summed E-state index contributed by atoms with van der Waals surface area (Å²) in [6.07, 6.45) is 1.89. The molecule has 0 aliphatic heterocycles. The summed E-state index contributed by atoms with van der Waals surface area (Å²) in [6, 6.07) is 11.0. The van der Waals surface area contributed by atoms with Gasteiger partial charge in [0.05, 0.1) is 11.5 Å². The van der Waals surface area contributed by atoms with Crippen LogP contribution in [0.1, 0.15) is 6.42 Å². The highest BCUT2D eigenvalue weighted by Crippen LogP contribution is 2.16. The maximum Gasteiger partial charge on any atom is 0.214 e. The summed E-state index contributed by atoms with van der Waals surface area (Å²) in [5, 5.41) is 0. The van der Waals surface area contributed by atoms with Crippen LogP contribution in [0.15, 0.2) is 47.4 Å². The number of nitrogens with zero attached hydrogens (tertiary/aromatic N) is 2. The fourth-order valence-corrected chi connectivity index (χ4v) is 2.63. The number of ether oxygens (including phenoxy) is 1. The highest BCUT2D eigenvalue weighted by Gasteiger charge is 2.07. The lowest BCUT2D eigenvalue weighted by Crippen LogP contribution is -2.21. The van der Waals surface area contributed by atoms with Crippen LogP contribution in [0, 0.1) is 5.95 Å². The molecule has 0 bridgehead atoms. The Kier molecular flexibility index (Phi) is 5.54. The SMILES string of the molecule is CN(CCCOc1ccc(S(C)(=O)=O)cc1)c1cccc(F)n1. The third kappa shape index (κ3) is 5.21. The largest absolute Gasteiger partial charge is 0.494 e. The number of anilines is 1. The van der Waals surface area contributed by atoms with Gasteiger partial charge in [-0.15, -0.1) is 0 Å². The van der Waals surface area contributed by atoms with Crippen LogP contribution in [-0.2, 0) is 9.84 Å². The summed E-state index contributed by atoms with van der Waals surface area (Å²) in [5.74, 6) is 0.683. The lowest BCUT2D eigenvalue weighted by Gasteiger charge is -2.18. The summed E-state index contributed by atoms with van der Waals surface area (Å²) in [5.41, 5.74) is 0. The summed E-state index contributed by atoms with van der Waals surface area (Å²) in [4.78, 5) is 5.92. The van der Waals surface area contributed by atoms with E-state index in [-0.39, 0.29) is 4.90 Å². The molecular weight excluding hydrogens is 319 g/mol. The first-order valence-electron chi connectivity index (χ1n) is 7.13. The van der Waals surface area contributed by atoms with Crippen LogP contribution in [0.4, 0.5) is 10.2 Å². The molecule has 1 aromatic carbocycles.